The smallest absolute Gasteiger partial charge is 0.224 e. The number of sulfonamides is 1. The van der Waals surface area contributed by atoms with Crippen molar-refractivity contribution in [3.8, 4) is 0 Å². The molecule has 0 aromatic heterocycles. The number of carbonyl (C=O) groups excluding carboxylic acids is 1. The number of nitrogens with one attached hydrogen (secondary N) is 1. The largest absolute Gasteiger partial charge is 0.352 e. The van der Waals surface area contributed by atoms with E-state index in [1.54, 1.807) is 0 Å². The Morgan fingerprint density at radius 3 is 2.67 bits per heavy atom. The fourth-order valence-corrected chi connectivity index (χ4v) is 3.60. The van der Waals surface area contributed by atoms with Crippen LogP contribution in [0.4, 0.5) is 0 Å². The summed E-state index contributed by atoms with van der Waals surface area (Å²) in [5.41, 5.74) is 0.937. The summed E-state index contributed by atoms with van der Waals surface area (Å²) >= 11 is 3.35. The standard InChI is InChI=1S/C14H19BrN2O3S/c1-21(19,20)17-8-2-3-13(10-17)16-14(18)9-11-4-6-12(15)7-5-11/h4-7,13H,2-3,8-10H2,1H3,(H,16,18). The van der Waals surface area contributed by atoms with E-state index in [1.165, 1.54) is 10.6 Å². The van der Waals surface area contributed by atoms with E-state index >= 15 is 0 Å². The zero-order chi connectivity index (χ0) is 15.5. The maximum Gasteiger partial charge on any atom is 0.224 e. The lowest BCUT2D eigenvalue weighted by Crippen LogP contribution is -2.49. The van der Waals surface area contributed by atoms with Crippen molar-refractivity contribution in [1.29, 1.82) is 0 Å². The van der Waals surface area contributed by atoms with Gasteiger partial charge in [0.15, 0.2) is 0 Å². The van der Waals surface area contributed by atoms with E-state index in [0.29, 0.717) is 19.5 Å². The van der Waals surface area contributed by atoms with Crippen LogP contribution in [0.1, 0.15) is 18.4 Å². The Morgan fingerprint density at radius 1 is 1.38 bits per heavy atom. The summed E-state index contributed by atoms with van der Waals surface area (Å²) in [6.07, 6.45) is 3.11. The second kappa shape index (κ2) is 6.89. The molecular formula is C14H19BrN2O3S. The van der Waals surface area contributed by atoms with Crippen LogP contribution in [-0.4, -0.2) is 44.0 Å². The minimum Gasteiger partial charge on any atom is -0.352 e. The molecule has 1 saturated heterocycles. The topological polar surface area (TPSA) is 66.5 Å². The third-order valence-electron chi connectivity index (χ3n) is 3.50. The molecule has 116 valence electrons. The van der Waals surface area contributed by atoms with Crippen LogP contribution in [0.5, 0.6) is 0 Å². The normalized spacial score (nSPS) is 20.2. The van der Waals surface area contributed by atoms with E-state index in [9.17, 15) is 13.2 Å². The maximum absolute atomic E-state index is 12.0. The molecule has 0 bridgehead atoms. The second-order valence-electron chi connectivity index (χ2n) is 5.33. The Kier molecular flexibility index (Phi) is 5.40. The van der Waals surface area contributed by atoms with Crippen molar-refractivity contribution in [3.63, 3.8) is 0 Å². The SMILES string of the molecule is CS(=O)(=O)N1CCCC(NC(=O)Cc2ccc(Br)cc2)C1. The van der Waals surface area contributed by atoms with Gasteiger partial charge < -0.3 is 5.32 Å². The molecule has 1 fully saturated rings. The van der Waals surface area contributed by atoms with Crippen molar-refractivity contribution in [2.24, 2.45) is 0 Å². The van der Waals surface area contributed by atoms with E-state index in [1.807, 2.05) is 24.3 Å². The lowest BCUT2D eigenvalue weighted by molar-refractivity contribution is -0.121. The average Bonchev–Trinajstić information content (AvgIpc) is 2.41. The number of hydrogen-bond acceptors (Lipinski definition) is 3. The maximum atomic E-state index is 12.0. The molecule has 5 nitrogen and oxygen atoms in total. The predicted octanol–water partition coefficient (Wildman–Crippen LogP) is 1.53. The van der Waals surface area contributed by atoms with Gasteiger partial charge >= 0.3 is 0 Å². The molecule has 1 N–H and O–H groups in total. The minimum atomic E-state index is -3.18. The number of nitrogens with zero attached hydrogens (tertiary/aromatic N) is 1. The molecule has 0 aliphatic carbocycles. The zero-order valence-electron chi connectivity index (χ0n) is 11.9. The van der Waals surface area contributed by atoms with Gasteiger partial charge in [-0.05, 0) is 30.5 Å². The lowest BCUT2D eigenvalue weighted by atomic mass is 10.1. The van der Waals surface area contributed by atoms with Crippen LogP contribution in [-0.2, 0) is 21.2 Å². The summed E-state index contributed by atoms with van der Waals surface area (Å²) in [6.45, 7) is 0.906. The Morgan fingerprint density at radius 2 is 2.05 bits per heavy atom. The van der Waals surface area contributed by atoms with Crippen LogP contribution in [0.3, 0.4) is 0 Å². The van der Waals surface area contributed by atoms with Crippen molar-refractivity contribution in [3.05, 3.63) is 34.3 Å². The summed E-state index contributed by atoms with van der Waals surface area (Å²) < 4.78 is 25.5. The molecule has 1 aliphatic rings. The summed E-state index contributed by atoms with van der Waals surface area (Å²) in [4.78, 5) is 12.0. The van der Waals surface area contributed by atoms with Gasteiger partial charge in [0, 0.05) is 23.6 Å². The highest BCUT2D eigenvalue weighted by Crippen LogP contribution is 2.14. The number of benzene rings is 1. The molecule has 1 aromatic carbocycles. The van der Waals surface area contributed by atoms with Crippen LogP contribution in [0.2, 0.25) is 0 Å². The molecule has 0 radical (unpaired) electrons. The molecule has 21 heavy (non-hydrogen) atoms. The van der Waals surface area contributed by atoms with Crippen LogP contribution in [0.15, 0.2) is 28.7 Å². The molecule has 1 aliphatic heterocycles. The van der Waals surface area contributed by atoms with Crippen LogP contribution in [0.25, 0.3) is 0 Å². The molecule has 1 unspecified atom stereocenters. The molecular weight excluding hydrogens is 356 g/mol. The molecule has 1 aromatic rings. The van der Waals surface area contributed by atoms with Crippen molar-refractivity contribution < 1.29 is 13.2 Å². The molecule has 1 amide bonds. The van der Waals surface area contributed by atoms with Gasteiger partial charge in [0.1, 0.15) is 0 Å². The number of carbonyl (C=O) groups is 1. The first-order valence-electron chi connectivity index (χ1n) is 6.83. The highest BCUT2D eigenvalue weighted by atomic mass is 79.9. The van der Waals surface area contributed by atoms with Gasteiger partial charge in [-0.1, -0.05) is 28.1 Å². The predicted molar refractivity (Wildman–Crippen MR) is 85.4 cm³/mol. The summed E-state index contributed by atoms with van der Waals surface area (Å²) in [5, 5.41) is 2.93. The number of halogens is 1. The van der Waals surface area contributed by atoms with E-state index < -0.39 is 10.0 Å². The zero-order valence-corrected chi connectivity index (χ0v) is 14.3. The molecule has 0 spiro atoms. The van der Waals surface area contributed by atoms with E-state index in [0.717, 1.165) is 22.9 Å². The molecule has 2 rings (SSSR count). The van der Waals surface area contributed by atoms with Gasteiger partial charge in [-0.3, -0.25) is 4.79 Å². The second-order valence-corrected chi connectivity index (χ2v) is 8.23. The average molecular weight is 375 g/mol. The Balaban J connectivity index is 1.89. The van der Waals surface area contributed by atoms with Gasteiger partial charge in [0.05, 0.1) is 12.7 Å². The first-order chi connectivity index (χ1) is 9.84. The molecule has 7 heteroatoms. The molecule has 1 heterocycles. The highest BCUT2D eigenvalue weighted by molar-refractivity contribution is 9.10. The van der Waals surface area contributed by atoms with Gasteiger partial charge in [-0.25, -0.2) is 12.7 Å². The number of piperidine rings is 1. The number of hydrogen-bond donors (Lipinski definition) is 1. The third kappa shape index (κ3) is 5.09. The van der Waals surface area contributed by atoms with Crippen molar-refractivity contribution in [2.45, 2.75) is 25.3 Å². The monoisotopic (exact) mass is 374 g/mol. The molecule has 0 saturated carbocycles. The first-order valence-corrected chi connectivity index (χ1v) is 9.47. The van der Waals surface area contributed by atoms with E-state index in [-0.39, 0.29) is 11.9 Å². The van der Waals surface area contributed by atoms with Crippen LogP contribution >= 0.6 is 15.9 Å². The van der Waals surface area contributed by atoms with E-state index in [2.05, 4.69) is 21.2 Å². The number of rotatable bonds is 4. The summed E-state index contributed by atoms with van der Waals surface area (Å²) in [7, 11) is -3.18. The Bertz CT molecular complexity index is 601. The van der Waals surface area contributed by atoms with Crippen molar-refractivity contribution >= 4 is 31.9 Å². The van der Waals surface area contributed by atoms with E-state index in [4.69, 9.17) is 0 Å². The summed E-state index contributed by atoms with van der Waals surface area (Å²) in [6, 6.07) is 7.49. The number of amides is 1. The Hall–Kier alpha value is -0.920. The van der Waals surface area contributed by atoms with Gasteiger partial charge in [-0.15, -0.1) is 0 Å². The van der Waals surface area contributed by atoms with Gasteiger partial charge in [0.2, 0.25) is 15.9 Å². The minimum absolute atomic E-state index is 0.0716. The fourth-order valence-electron chi connectivity index (χ4n) is 2.43. The van der Waals surface area contributed by atoms with Crippen molar-refractivity contribution in [2.75, 3.05) is 19.3 Å². The Labute approximate surface area is 133 Å². The quantitative estimate of drug-likeness (QED) is 0.868. The summed E-state index contributed by atoms with van der Waals surface area (Å²) in [5.74, 6) is -0.0716. The third-order valence-corrected chi connectivity index (χ3v) is 5.29. The van der Waals surface area contributed by atoms with Crippen LogP contribution in [0, 0.1) is 0 Å². The van der Waals surface area contributed by atoms with Crippen molar-refractivity contribution in [1.82, 2.24) is 9.62 Å². The first kappa shape index (κ1) is 16.5. The highest BCUT2D eigenvalue weighted by Gasteiger charge is 2.26. The van der Waals surface area contributed by atoms with Gasteiger partial charge in [-0.2, -0.15) is 0 Å². The fraction of sp³-hybridized carbons (Fsp3) is 0.500. The van der Waals surface area contributed by atoms with Gasteiger partial charge in [0.25, 0.3) is 0 Å². The molecule has 1 atom stereocenters. The van der Waals surface area contributed by atoms with Crippen LogP contribution < -0.4 is 5.32 Å². The lowest BCUT2D eigenvalue weighted by Gasteiger charge is -2.31.